The fourth-order valence-corrected chi connectivity index (χ4v) is 2.48. The molecule has 1 rings (SSSR count). The summed E-state index contributed by atoms with van der Waals surface area (Å²) in [6, 6.07) is 0. The molecule has 1 fully saturated rings. The Bertz CT molecular complexity index is 243. The molecule has 1 aliphatic rings. The Labute approximate surface area is 100 Å². The van der Waals surface area contributed by atoms with E-state index in [0.717, 1.165) is 25.9 Å². The lowest BCUT2D eigenvalue weighted by Crippen LogP contribution is -2.40. The monoisotopic (exact) mass is 226 g/mol. The fourth-order valence-electron chi connectivity index (χ4n) is 2.48. The average molecular weight is 226 g/mol. The zero-order chi connectivity index (χ0) is 12.2. The zero-order valence-corrected chi connectivity index (χ0v) is 11.4. The summed E-state index contributed by atoms with van der Waals surface area (Å²) in [5.41, 5.74) is 1.54. The summed E-state index contributed by atoms with van der Waals surface area (Å²) in [5, 5.41) is 0. The van der Waals surface area contributed by atoms with Gasteiger partial charge in [-0.1, -0.05) is 25.5 Å². The van der Waals surface area contributed by atoms with Crippen molar-refractivity contribution in [1.29, 1.82) is 0 Å². The highest BCUT2D eigenvalue weighted by Crippen LogP contribution is 2.28. The minimum absolute atomic E-state index is 0.347. The maximum atomic E-state index is 5.93. The van der Waals surface area contributed by atoms with Gasteiger partial charge in [-0.3, -0.25) is 0 Å². The van der Waals surface area contributed by atoms with Gasteiger partial charge in [0.1, 0.15) is 0 Å². The molecule has 2 heteroatoms. The van der Waals surface area contributed by atoms with Gasteiger partial charge in [-0.15, -0.1) is 0 Å². The Hall–Kier alpha value is -0.340. The molecule has 94 valence electrons. The first-order chi connectivity index (χ1) is 7.48. The van der Waals surface area contributed by atoms with E-state index in [1.807, 2.05) is 13.8 Å². The van der Waals surface area contributed by atoms with Crippen LogP contribution in [0, 0.1) is 5.92 Å². The molecule has 0 amide bonds. The summed E-state index contributed by atoms with van der Waals surface area (Å²) < 4.78 is 11.5. The van der Waals surface area contributed by atoms with Gasteiger partial charge in [0, 0.05) is 0 Å². The van der Waals surface area contributed by atoms with Crippen molar-refractivity contribution < 1.29 is 9.47 Å². The van der Waals surface area contributed by atoms with Gasteiger partial charge in [0.05, 0.1) is 12.7 Å². The Morgan fingerprint density at radius 3 is 2.69 bits per heavy atom. The van der Waals surface area contributed by atoms with Crippen LogP contribution < -0.4 is 0 Å². The van der Waals surface area contributed by atoms with Gasteiger partial charge < -0.3 is 9.47 Å². The van der Waals surface area contributed by atoms with E-state index in [9.17, 15) is 0 Å². The second-order valence-electron chi connectivity index (χ2n) is 5.13. The Morgan fingerprint density at radius 2 is 2.19 bits per heavy atom. The molecule has 0 aromatic carbocycles. The fraction of sp³-hybridized carbons (Fsp3) is 0.857. The Morgan fingerprint density at radius 1 is 1.50 bits per heavy atom. The molecule has 2 nitrogen and oxygen atoms in total. The second-order valence-corrected chi connectivity index (χ2v) is 5.13. The minimum Gasteiger partial charge on any atom is -0.350 e. The van der Waals surface area contributed by atoms with Gasteiger partial charge in [0.2, 0.25) is 0 Å². The summed E-state index contributed by atoms with van der Waals surface area (Å²) >= 11 is 0. The quantitative estimate of drug-likeness (QED) is 0.677. The van der Waals surface area contributed by atoms with Crippen LogP contribution >= 0.6 is 0 Å². The van der Waals surface area contributed by atoms with E-state index in [2.05, 4.69) is 26.8 Å². The van der Waals surface area contributed by atoms with E-state index in [0.29, 0.717) is 12.0 Å². The third-order valence-corrected chi connectivity index (χ3v) is 3.37. The second kappa shape index (κ2) is 5.83. The van der Waals surface area contributed by atoms with Gasteiger partial charge in [-0.2, -0.15) is 0 Å². The van der Waals surface area contributed by atoms with Crippen molar-refractivity contribution in [3.05, 3.63) is 11.6 Å². The SMILES string of the molecule is C/C=C(\CC)[C@@H](C)CC1CCOC(C)(C)O1. The van der Waals surface area contributed by atoms with Crippen LogP contribution in [0.25, 0.3) is 0 Å². The summed E-state index contributed by atoms with van der Waals surface area (Å²) in [6.07, 6.45) is 5.87. The largest absolute Gasteiger partial charge is 0.350 e. The van der Waals surface area contributed by atoms with Crippen molar-refractivity contribution in [2.75, 3.05) is 6.61 Å². The zero-order valence-electron chi connectivity index (χ0n) is 11.4. The lowest BCUT2D eigenvalue weighted by atomic mass is 9.91. The van der Waals surface area contributed by atoms with E-state index in [1.165, 1.54) is 5.57 Å². The lowest BCUT2D eigenvalue weighted by Gasteiger charge is -2.37. The molecular weight excluding hydrogens is 200 g/mol. The Balaban J connectivity index is 2.48. The number of allylic oxidation sites excluding steroid dienone is 2. The average Bonchev–Trinajstić information content (AvgIpc) is 2.17. The molecule has 0 spiro atoms. The highest BCUT2D eigenvalue weighted by atomic mass is 16.7. The Kier molecular flexibility index (Phi) is 5.00. The number of ether oxygens (including phenoxy) is 2. The first kappa shape index (κ1) is 13.7. The molecule has 1 heterocycles. The van der Waals surface area contributed by atoms with Crippen molar-refractivity contribution in [2.45, 2.75) is 65.8 Å². The normalized spacial score (nSPS) is 27.8. The summed E-state index contributed by atoms with van der Waals surface area (Å²) in [6.45, 7) is 11.5. The first-order valence-electron chi connectivity index (χ1n) is 6.45. The van der Waals surface area contributed by atoms with Crippen LogP contribution in [-0.2, 0) is 9.47 Å². The van der Waals surface area contributed by atoms with E-state index < -0.39 is 5.79 Å². The molecular formula is C14H26O2. The smallest absolute Gasteiger partial charge is 0.163 e. The molecule has 2 atom stereocenters. The third-order valence-electron chi connectivity index (χ3n) is 3.37. The molecule has 0 bridgehead atoms. The number of hydrogen-bond acceptors (Lipinski definition) is 2. The van der Waals surface area contributed by atoms with E-state index in [4.69, 9.17) is 9.47 Å². The van der Waals surface area contributed by atoms with Crippen LogP contribution in [0.5, 0.6) is 0 Å². The van der Waals surface area contributed by atoms with Crippen LogP contribution in [0.4, 0.5) is 0 Å². The molecule has 1 unspecified atom stereocenters. The van der Waals surface area contributed by atoms with Gasteiger partial charge in [0.25, 0.3) is 0 Å². The van der Waals surface area contributed by atoms with E-state index in [-0.39, 0.29) is 0 Å². The van der Waals surface area contributed by atoms with Crippen LogP contribution in [0.2, 0.25) is 0 Å². The van der Waals surface area contributed by atoms with E-state index >= 15 is 0 Å². The van der Waals surface area contributed by atoms with Crippen LogP contribution in [0.1, 0.15) is 53.9 Å². The van der Waals surface area contributed by atoms with Crippen LogP contribution in [0.3, 0.4) is 0 Å². The molecule has 0 aliphatic carbocycles. The third kappa shape index (κ3) is 3.91. The number of hydrogen-bond donors (Lipinski definition) is 0. The minimum atomic E-state index is -0.398. The van der Waals surface area contributed by atoms with Crippen molar-refractivity contribution in [3.63, 3.8) is 0 Å². The predicted molar refractivity (Wildman–Crippen MR) is 67.4 cm³/mol. The lowest BCUT2D eigenvalue weighted by molar-refractivity contribution is -0.275. The van der Waals surface area contributed by atoms with Crippen molar-refractivity contribution in [3.8, 4) is 0 Å². The molecule has 0 aromatic rings. The van der Waals surface area contributed by atoms with Crippen molar-refractivity contribution in [2.24, 2.45) is 5.92 Å². The highest BCUT2D eigenvalue weighted by molar-refractivity contribution is 5.04. The molecule has 0 N–H and O–H groups in total. The number of rotatable bonds is 4. The molecule has 16 heavy (non-hydrogen) atoms. The van der Waals surface area contributed by atoms with E-state index in [1.54, 1.807) is 0 Å². The molecule has 1 aliphatic heterocycles. The van der Waals surface area contributed by atoms with Crippen molar-refractivity contribution in [1.82, 2.24) is 0 Å². The molecule has 0 saturated carbocycles. The predicted octanol–water partition coefficient (Wildman–Crippen LogP) is 3.91. The van der Waals surface area contributed by atoms with Gasteiger partial charge in [0.15, 0.2) is 5.79 Å². The maximum absolute atomic E-state index is 5.93. The summed E-state index contributed by atoms with van der Waals surface area (Å²) in [5.74, 6) is 0.221. The summed E-state index contributed by atoms with van der Waals surface area (Å²) in [7, 11) is 0. The van der Waals surface area contributed by atoms with Gasteiger partial charge in [-0.25, -0.2) is 0 Å². The van der Waals surface area contributed by atoms with Crippen LogP contribution in [-0.4, -0.2) is 18.5 Å². The van der Waals surface area contributed by atoms with Gasteiger partial charge in [-0.05, 0) is 46.0 Å². The topological polar surface area (TPSA) is 18.5 Å². The molecule has 1 saturated heterocycles. The molecule has 0 aromatic heterocycles. The molecule has 0 radical (unpaired) electrons. The van der Waals surface area contributed by atoms with Crippen molar-refractivity contribution >= 4 is 0 Å². The highest BCUT2D eigenvalue weighted by Gasteiger charge is 2.30. The maximum Gasteiger partial charge on any atom is 0.163 e. The summed E-state index contributed by atoms with van der Waals surface area (Å²) in [4.78, 5) is 0. The van der Waals surface area contributed by atoms with Gasteiger partial charge >= 0.3 is 0 Å². The van der Waals surface area contributed by atoms with Crippen LogP contribution in [0.15, 0.2) is 11.6 Å². The standard InChI is InChI=1S/C14H26O2/c1-6-12(7-2)11(3)10-13-8-9-15-14(4,5)16-13/h6,11,13H,7-10H2,1-5H3/b12-6+/t11-,13?/m0/s1. The first-order valence-corrected chi connectivity index (χ1v) is 6.45.